The molecule has 0 heterocycles. The number of halogens is 3. The average molecular weight is 292 g/mol. The molecule has 6 heteroatoms. The van der Waals surface area contributed by atoms with Gasteiger partial charge in [0.1, 0.15) is 5.75 Å². The van der Waals surface area contributed by atoms with E-state index in [1.807, 2.05) is 13.8 Å². The van der Waals surface area contributed by atoms with E-state index in [0.29, 0.717) is 0 Å². The first kappa shape index (κ1) is 15.7. The van der Waals surface area contributed by atoms with E-state index in [1.165, 1.54) is 18.2 Å². The van der Waals surface area contributed by atoms with Crippen molar-refractivity contribution in [3.05, 3.63) is 29.8 Å². The zero-order valence-corrected chi connectivity index (χ0v) is 11.5. The summed E-state index contributed by atoms with van der Waals surface area (Å²) < 4.78 is 28.7. The zero-order chi connectivity index (χ0) is 14.4. The van der Waals surface area contributed by atoms with Crippen molar-refractivity contribution < 1.29 is 18.3 Å². The predicted octanol–water partition coefficient (Wildman–Crippen LogP) is 3.28. The molecule has 0 aliphatic rings. The van der Waals surface area contributed by atoms with Gasteiger partial charge in [0.05, 0.1) is 10.9 Å². The first-order chi connectivity index (χ1) is 8.91. The van der Waals surface area contributed by atoms with E-state index < -0.39 is 12.5 Å². The van der Waals surface area contributed by atoms with E-state index in [-0.39, 0.29) is 29.2 Å². The van der Waals surface area contributed by atoms with Crippen molar-refractivity contribution in [1.29, 1.82) is 0 Å². The Kier molecular flexibility index (Phi) is 6.02. The second-order valence-electron chi connectivity index (χ2n) is 4.34. The van der Waals surface area contributed by atoms with Crippen molar-refractivity contribution in [2.45, 2.75) is 25.8 Å². The quantitative estimate of drug-likeness (QED) is 0.817. The number of rotatable bonds is 6. The molecule has 1 amide bonds. The van der Waals surface area contributed by atoms with Gasteiger partial charge in [0, 0.05) is 6.54 Å². The van der Waals surface area contributed by atoms with Crippen LogP contribution in [0.5, 0.6) is 5.75 Å². The van der Waals surface area contributed by atoms with E-state index in [4.69, 9.17) is 11.6 Å². The molecule has 0 aliphatic carbocycles. The third-order valence-corrected chi connectivity index (χ3v) is 3.19. The van der Waals surface area contributed by atoms with Gasteiger partial charge in [-0.2, -0.15) is 8.78 Å². The van der Waals surface area contributed by atoms with Crippen molar-refractivity contribution in [1.82, 2.24) is 5.32 Å². The molecular formula is C13H16ClF2NO2. The van der Waals surface area contributed by atoms with Crippen LogP contribution in [-0.4, -0.2) is 24.4 Å². The summed E-state index contributed by atoms with van der Waals surface area (Å²) in [5.41, 5.74) is 0.0652. The third kappa shape index (κ3) is 5.03. The number of hydrogen-bond acceptors (Lipinski definition) is 2. The summed E-state index contributed by atoms with van der Waals surface area (Å²) in [6.45, 7) is 1.15. The van der Waals surface area contributed by atoms with E-state index in [1.54, 1.807) is 6.07 Å². The van der Waals surface area contributed by atoms with Gasteiger partial charge in [-0.05, 0) is 18.1 Å². The minimum absolute atomic E-state index is 0.0652. The van der Waals surface area contributed by atoms with Gasteiger partial charge in [-0.1, -0.05) is 26.0 Å². The number of benzene rings is 1. The molecule has 0 saturated heterocycles. The fraction of sp³-hybridized carbons (Fsp3) is 0.462. The summed E-state index contributed by atoms with van der Waals surface area (Å²) in [6.07, 6.45) is 0. The lowest BCUT2D eigenvalue weighted by Crippen LogP contribution is -2.32. The summed E-state index contributed by atoms with van der Waals surface area (Å²) in [4.78, 5) is 11.9. The van der Waals surface area contributed by atoms with Crippen molar-refractivity contribution in [2.24, 2.45) is 5.92 Å². The Morgan fingerprint density at radius 2 is 2.00 bits per heavy atom. The molecule has 0 spiro atoms. The molecule has 1 aromatic rings. The summed E-state index contributed by atoms with van der Waals surface area (Å²) in [5.74, 6) is -0.428. The summed E-state index contributed by atoms with van der Waals surface area (Å²) in [7, 11) is 0. The number of alkyl halides is 3. The average Bonchev–Trinajstić information content (AvgIpc) is 2.35. The van der Waals surface area contributed by atoms with Crippen LogP contribution in [-0.2, 0) is 0 Å². The van der Waals surface area contributed by atoms with Crippen LogP contribution in [0.1, 0.15) is 24.2 Å². The first-order valence-corrected chi connectivity index (χ1v) is 6.31. The van der Waals surface area contributed by atoms with Gasteiger partial charge in [-0.3, -0.25) is 4.79 Å². The molecule has 0 aromatic heterocycles. The normalized spacial score (nSPS) is 12.6. The molecule has 106 valence electrons. The van der Waals surface area contributed by atoms with Crippen molar-refractivity contribution >= 4 is 17.5 Å². The van der Waals surface area contributed by atoms with Crippen molar-refractivity contribution in [3.8, 4) is 5.75 Å². The van der Waals surface area contributed by atoms with Crippen LogP contribution >= 0.6 is 11.6 Å². The molecule has 0 radical (unpaired) electrons. The number of carbonyl (C=O) groups excluding carboxylic acids is 1. The van der Waals surface area contributed by atoms with Gasteiger partial charge in [0.25, 0.3) is 5.91 Å². The fourth-order valence-electron chi connectivity index (χ4n) is 1.37. The lowest BCUT2D eigenvalue weighted by atomic mass is 10.1. The van der Waals surface area contributed by atoms with Crippen LogP contribution in [0.25, 0.3) is 0 Å². The maximum atomic E-state index is 12.2. The van der Waals surface area contributed by atoms with Crippen LogP contribution in [0.15, 0.2) is 24.3 Å². The Morgan fingerprint density at radius 1 is 1.37 bits per heavy atom. The highest BCUT2D eigenvalue weighted by Crippen LogP contribution is 2.20. The lowest BCUT2D eigenvalue weighted by molar-refractivity contribution is -0.0501. The largest absolute Gasteiger partial charge is 0.434 e. The zero-order valence-electron chi connectivity index (χ0n) is 10.7. The minimum Gasteiger partial charge on any atom is -0.434 e. The highest BCUT2D eigenvalue weighted by Gasteiger charge is 2.17. The SMILES string of the molecule is CC(C)C(Cl)CNC(=O)c1ccccc1OC(F)F. The number of amides is 1. The Hall–Kier alpha value is -1.36. The van der Waals surface area contributed by atoms with Crippen LogP contribution in [0.4, 0.5) is 8.78 Å². The van der Waals surface area contributed by atoms with Crippen molar-refractivity contribution in [2.75, 3.05) is 6.54 Å². The Bertz CT molecular complexity index is 427. The number of hydrogen-bond donors (Lipinski definition) is 1. The number of nitrogens with one attached hydrogen (secondary N) is 1. The summed E-state index contributed by atoms with van der Waals surface area (Å²) in [5, 5.41) is 2.38. The van der Waals surface area contributed by atoms with Gasteiger partial charge in [0.2, 0.25) is 0 Å². The van der Waals surface area contributed by atoms with Gasteiger partial charge >= 0.3 is 6.61 Å². The van der Waals surface area contributed by atoms with Gasteiger partial charge in [-0.15, -0.1) is 11.6 Å². The molecule has 1 aromatic carbocycles. The standard InChI is InChI=1S/C13H16ClF2NO2/c1-8(2)10(14)7-17-12(18)9-5-3-4-6-11(9)19-13(15)16/h3-6,8,10,13H,7H2,1-2H3,(H,17,18). The van der Waals surface area contributed by atoms with Crippen LogP contribution in [0.3, 0.4) is 0 Å². The second kappa shape index (κ2) is 7.28. The van der Waals surface area contributed by atoms with Crippen LogP contribution < -0.4 is 10.1 Å². The molecule has 3 nitrogen and oxygen atoms in total. The second-order valence-corrected chi connectivity index (χ2v) is 4.91. The highest BCUT2D eigenvalue weighted by molar-refractivity contribution is 6.21. The Balaban J connectivity index is 2.71. The Labute approximate surface area is 115 Å². The number of carbonyl (C=O) groups is 1. The fourth-order valence-corrected chi connectivity index (χ4v) is 1.45. The van der Waals surface area contributed by atoms with E-state index in [2.05, 4.69) is 10.1 Å². The third-order valence-electron chi connectivity index (χ3n) is 2.53. The monoisotopic (exact) mass is 291 g/mol. The molecule has 0 bridgehead atoms. The maximum Gasteiger partial charge on any atom is 0.387 e. The maximum absolute atomic E-state index is 12.2. The van der Waals surface area contributed by atoms with E-state index in [0.717, 1.165) is 0 Å². The molecule has 0 aliphatic heterocycles. The summed E-state index contributed by atoms with van der Waals surface area (Å²) >= 11 is 6.01. The molecule has 1 rings (SSSR count). The van der Waals surface area contributed by atoms with Crippen LogP contribution in [0, 0.1) is 5.92 Å². The van der Waals surface area contributed by atoms with Crippen LogP contribution in [0.2, 0.25) is 0 Å². The summed E-state index contributed by atoms with van der Waals surface area (Å²) in [6, 6.07) is 5.84. The van der Waals surface area contributed by atoms with Gasteiger partial charge in [0.15, 0.2) is 0 Å². The number of ether oxygens (including phenoxy) is 1. The Morgan fingerprint density at radius 3 is 2.58 bits per heavy atom. The van der Waals surface area contributed by atoms with E-state index >= 15 is 0 Å². The smallest absolute Gasteiger partial charge is 0.387 e. The van der Waals surface area contributed by atoms with Gasteiger partial charge in [-0.25, -0.2) is 0 Å². The molecular weight excluding hydrogens is 276 g/mol. The minimum atomic E-state index is -2.97. The molecule has 1 atom stereocenters. The lowest BCUT2D eigenvalue weighted by Gasteiger charge is -2.15. The molecule has 1 N–H and O–H groups in total. The van der Waals surface area contributed by atoms with E-state index in [9.17, 15) is 13.6 Å². The molecule has 0 fully saturated rings. The van der Waals surface area contributed by atoms with Crippen molar-refractivity contribution in [3.63, 3.8) is 0 Å². The first-order valence-electron chi connectivity index (χ1n) is 5.88. The van der Waals surface area contributed by atoms with Gasteiger partial charge < -0.3 is 10.1 Å². The number of para-hydroxylation sites is 1. The molecule has 1 unspecified atom stereocenters. The molecule has 0 saturated carbocycles. The highest BCUT2D eigenvalue weighted by atomic mass is 35.5. The topological polar surface area (TPSA) is 38.3 Å². The molecule has 19 heavy (non-hydrogen) atoms. The predicted molar refractivity (Wildman–Crippen MR) is 69.9 cm³/mol.